The molecule has 0 unspecified atom stereocenters. The number of aliphatic carboxylic acids is 1. The lowest BCUT2D eigenvalue weighted by Gasteiger charge is -2.17. The number of carbonyl (C=O) groups excluding carboxylic acids is 1. The van der Waals surface area contributed by atoms with Gasteiger partial charge in [0.05, 0.1) is 5.56 Å². The Morgan fingerprint density at radius 1 is 1.08 bits per heavy atom. The summed E-state index contributed by atoms with van der Waals surface area (Å²) in [5, 5.41) is 11.9. The fraction of sp³-hybridized carbons (Fsp3) is 0.278. The zero-order valence-corrected chi connectivity index (χ0v) is 13.2. The summed E-state index contributed by atoms with van der Waals surface area (Å²) in [5.74, 6) is -0.704. The molecule has 2 N–H and O–H groups in total. The molecule has 24 heavy (non-hydrogen) atoms. The number of nitrogens with zero attached hydrogens (tertiary/aromatic N) is 2. The van der Waals surface area contributed by atoms with E-state index in [4.69, 9.17) is 0 Å². The average molecular weight is 325 g/mol. The normalized spacial score (nSPS) is 15.1. The van der Waals surface area contributed by atoms with Gasteiger partial charge < -0.3 is 15.3 Å². The monoisotopic (exact) mass is 325 g/mol. The molecule has 124 valence electrons. The van der Waals surface area contributed by atoms with Gasteiger partial charge in [-0.2, -0.15) is 0 Å². The van der Waals surface area contributed by atoms with Crippen LogP contribution < -0.4 is 10.2 Å². The topological polar surface area (TPSA) is 82.5 Å². The second-order valence-corrected chi connectivity index (χ2v) is 5.75. The minimum absolute atomic E-state index is 0.347. The summed E-state index contributed by atoms with van der Waals surface area (Å²) in [5.41, 5.74) is 0.875. The Morgan fingerprint density at radius 3 is 2.38 bits per heavy atom. The maximum absolute atomic E-state index is 12.3. The first-order valence-electron chi connectivity index (χ1n) is 7.95. The molecule has 1 aliphatic heterocycles. The first-order chi connectivity index (χ1) is 11.6. The van der Waals surface area contributed by atoms with E-state index in [0.29, 0.717) is 11.1 Å². The first-order valence-corrected chi connectivity index (χ1v) is 7.95. The van der Waals surface area contributed by atoms with E-state index in [-0.39, 0.29) is 0 Å². The van der Waals surface area contributed by atoms with E-state index in [9.17, 15) is 14.7 Å². The SMILES string of the molecule is O=C(N[C@H](C(=O)O)c1ccccc1)c1ccc(N2CCCC2)nc1. The molecule has 1 aliphatic rings. The summed E-state index contributed by atoms with van der Waals surface area (Å²) in [6.45, 7) is 1.96. The highest BCUT2D eigenvalue weighted by Crippen LogP contribution is 2.18. The van der Waals surface area contributed by atoms with Gasteiger partial charge in [0.15, 0.2) is 6.04 Å². The van der Waals surface area contributed by atoms with Crippen LogP contribution in [-0.2, 0) is 4.79 Å². The van der Waals surface area contributed by atoms with E-state index < -0.39 is 17.9 Å². The van der Waals surface area contributed by atoms with Gasteiger partial charge in [-0.1, -0.05) is 30.3 Å². The highest BCUT2D eigenvalue weighted by molar-refractivity contribution is 5.96. The summed E-state index contributed by atoms with van der Waals surface area (Å²) in [6.07, 6.45) is 3.80. The van der Waals surface area contributed by atoms with E-state index in [1.165, 1.54) is 6.20 Å². The Kier molecular flexibility index (Phi) is 4.74. The zero-order chi connectivity index (χ0) is 16.9. The third-order valence-corrected chi connectivity index (χ3v) is 4.10. The Hall–Kier alpha value is -2.89. The number of carbonyl (C=O) groups is 2. The highest BCUT2D eigenvalue weighted by atomic mass is 16.4. The van der Waals surface area contributed by atoms with Crippen molar-refractivity contribution in [3.05, 3.63) is 59.8 Å². The molecule has 1 aromatic heterocycles. The number of rotatable bonds is 5. The third-order valence-electron chi connectivity index (χ3n) is 4.10. The zero-order valence-electron chi connectivity index (χ0n) is 13.2. The lowest BCUT2D eigenvalue weighted by molar-refractivity contribution is -0.139. The second kappa shape index (κ2) is 7.12. The van der Waals surface area contributed by atoms with Crippen LogP contribution in [0, 0.1) is 0 Å². The molecular formula is C18H19N3O3. The van der Waals surface area contributed by atoms with Gasteiger partial charge in [-0.05, 0) is 30.5 Å². The van der Waals surface area contributed by atoms with Crippen molar-refractivity contribution >= 4 is 17.7 Å². The van der Waals surface area contributed by atoms with Crippen molar-refractivity contribution in [2.24, 2.45) is 0 Å². The molecule has 2 aromatic rings. The van der Waals surface area contributed by atoms with Gasteiger partial charge in [-0.3, -0.25) is 4.79 Å². The van der Waals surface area contributed by atoms with Crippen LogP contribution in [0.1, 0.15) is 34.8 Å². The van der Waals surface area contributed by atoms with E-state index in [0.717, 1.165) is 31.7 Å². The first kappa shape index (κ1) is 16.0. The molecule has 1 atom stereocenters. The Bertz CT molecular complexity index is 710. The van der Waals surface area contributed by atoms with Crippen molar-refractivity contribution in [3.8, 4) is 0 Å². The second-order valence-electron chi connectivity index (χ2n) is 5.75. The van der Waals surface area contributed by atoms with E-state index in [1.807, 2.05) is 0 Å². The van der Waals surface area contributed by atoms with Gasteiger partial charge in [0.25, 0.3) is 5.91 Å². The number of anilines is 1. The standard InChI is InChI=1S/C18H19N3O3/c22-17(20-16(18(23)24)13-6-2-1-3-7-13)14-8-9-15(19-12-14)21-10-4-5-11-21/h1-3,6-9,12,16H,4-5,10-11H2,(H,20,22)(H,23,24)/t16-/m0/s1. The molecule has 1 fully saturated rings. The molecule has 0 radical (unpaired) electrons. The van der Waals surface area contributed by atoms with Crippen molar-refractivity contribution in [1.29, 1.82) is 0 Å². The van der Waals surface area contributed by atoms with E-state index in [1.54, 1.807) is 42.5 Å². The summed E-state index contributed by atoms with van der Waals surface area (Å²) in [7, 11) is 0. The van der Waals surface area contributed by atoms with Crippen LogP contribution in [0.15, 0.2) is 48.7 Å². The maximum Gasteiger partial charge on any atom is 0.330 e. The van der Waals surface area contributed by atoms with Crippen LogP contribution in [0.4, 0.5) is 5.82 Å². The predicted molar refractivity (Wildman–Crippen MR) is 90.0 cm³/mol. The number of hydrogen-bond acceptors (Lipinski definition) is 4. The molecular weight excluding hydrogens is 306 g/mol. The average Bonchev–Trinajstić information content (AvgIpc) is 3.15. The summed E-state index contributed by atoms with van der Waals surface area (Å²) >= 11 is 0. The number of pyridine rings is 1. The van der Waals surface area contributed by atoms with Crippen molar-refractivity contribution in [2.75, 3.05) is 18.0 Å². The number of aromatic nitrogens is 1. The summed E-state index contributed by atoms with van der Waals surface area (Å²) in [4.78, 5) is 30.3. The summed E-state index contributed by atoms with van der Waals surface area (Å²) < 4.78 is 0. The highest BCUT2D eigenvalue weighted by Gasteiger charge is 2.23. The summed E-state index contributed by atoms with van der Waals surface area (Å²) in [6, 6.07) is 11.0. The number of carboxylic acid groups (broad SMARTS) is 1. The van der Waals surface area contributed by atoms with Gasteiger partial charge in [-0.15, -0.1) is 0 Å². The number of benzene rings is 1. The number of nitrogens with one attached hydrogen (secondary N) is 1. The quantitative estimate of drug-likeness (QED) is 0.881. The molecule has 0 bridgehead atoms. The van der Waals surface area contributed by atoms with Crippen molar-refractivity contribution in [2.45, 2.75) is 18.9 Å². The van der Waals surface area contributed by atoms with Crippen LogP contribution in [0.3, 0.4) is 0 Å². The minimum atomic E-state index is -1.10. The van der Waals surface area contributed by atoms with Crippen LogP contribution in [0.5, 0.6) is 0 Å². The van der Waals surface area contributed by atoms with Crippen molar-refractivity contribution in [3.63, 3.8) is 0 Å². The molecule has 0 saturated carbocycles. The van der Waals surface area contributed by atoms with E-state index >= 15 is 0 Å². The molecule has 6 nitrogen and oxygen atoms in total. The number of hydrogen-bond donors (Lipinski definition) is 2. The number of carboxylic acids is 1. The Labute approximate surface area is 140 Å². The smallest absolute Gasteiger partial charge is 0.330 e. The Morgan fingerprint density at radius 2 is 1.79 bits per heavy atom. The van der Waals surface area contributed by atoms with Crippen molar-refractivity contribution in [1.82, 2.24) is 10.3 Å². The van der Waals surface area contributed by atoms with Crippen LogP contribution in [-0.4, -0.2) is 35.1 Å². The van der Waals surface area contributed by atoms with Gasteiger partial charge in [-0.25, -0.2) is 9.78 Å². The minimum Gasteiger partial charge on any atom is -0.479 e. The lowest BCUT2D eigenvalue weighted by atomic mass is 10.1. The van der Waals surface area contributed by atoms with Gasteiger partial charge in [0.2, 0.25) is 0 Å². The predicted octanol–water partition coefficient (Wildman–Crippen LogP) is 2.24. The lowest BCUT2D eigenvalue weighted by Crippen LogP contribution is -2.33. The number of amides is 1. The molecule has 1 amide bonds. The van der Waals surface area contributed by atoms with Gasteiger partial charge in [0, 0.05) is 19.3 Å². The third kappa shape index (κ3) is 3.53. The van der Waals surface area contributed by atoms with Crippen LogP contribution >= 0.6 is 0 Å². The molecule has 1 saturated heterocycles. The van der Waals surface area contributed by atoms with Crippen LogP contribution in [0.25, 0.3) is 0 Å². The Balaban J connectivity index is 1.72. The van der Waals surface area contributed by atoms with Crippen molar-refractivity contribution < 1.29 is 14.7 Å². The molecule has 1 aromatic carbocycles. The molecule has 3 rings (SSSR count). The molecule has 0 aliphatic carbocycles. The van der Waals surface area contributed by atoms with Gasteiger partial charge >= 0.3 is 5.97 Å². The maximum atomic E-state index is 12.3. The molecule has 0 spiro atoms. The van der Waals surface area contributed by atoms with Gasteiger partial charge in [0.1, 0.15) is 5.82 Å². The van der Waals surface area contributed by atoms with E-state index in [2.05, 4.69) is 15.2 Å². The van der Waals surface area contributed by atoms with Crippen LogP contribution in [0.2, 0.25) is 0 Å². The fourth-order valence-electron chi connectivity index (χ4n) is 2.80. The molecule has 2 heterocycles. The fourth-order valence-corrected chi connectivity index (χ4v) is 2.80. The largest absolute Gasteiger partial charge is 0.479 e. The molecule has 6 heteroatoms.